The van der Waals surface area contributed by atoms with Gasteiger partial charge in [-0.15, -0.1) is 0 Å². The number of carbonyl (C=O) groups excluding carboxylic acids is 1. The Kier molecular flexibility index (Phi) is 6.89. The Balaban J connectivity index is 1.22. The van der Waals surface area contributed by atoms with Crippen molar-refractivity contribution in [3.05, 3.63) is 54.4 Å². The van der Waals surface area contributed by atoms with Gasteiger partial charge in [0.1, 0.15) is 0 Å². The maximum absolute atomic E-state index is 12.4. The minimum absolute atomic E-state index is 0.0521. The number of aromatic nitrogens is 3. The number of piperazine rings is 1. The smallest absolute Gasteiger partial charge is 0.234 e. The van der Waals surface area contributed by atoms with E-state index in [2.05, 4.69) is 48.3 Å². The van der Waals surface area contributed by atoms with Gasteiger partial charge in [0, 0.05) is 56.6 Å². The predicted octanol–water partition coefficient (Wildman–Crippen LogP) is 1.90. The Morgan fingerprint density at radius 1 is 1.06 bits per heavy atom. The molecule has 0 bridgehead atoms. The summed E-state index contributed by atoms with van der Waals surface area (Å²) in [7, 11) is 0. The van der Waals surface area contributed by atoms with Gasteiger partial charge in [-0.05, 0) is 25.0 Å². The van der Waals surface area contributed by atoms with E-state index in [4.69, 9.17) is 4.74 Å². The zero-order valence-electron chi connectivity index (χ0n) is 17.8. The van der Waals surface area contributed by atoms with Crippen LogP contribution in [0.25, 0.3) is 10.9 Å². The lowest BCUT2D eigenvalue weighted by atomic mass is 10.1. The van der Waals surface area contributed by atoms with Crippen molar-refractivity contribution < 1.29 is 9.53 Å². The molecule has 162 valence electrons. The van der Waals surface area contributed by atoms with Gasteiger partial charge in [-0.2, -0.15) is 4.98 Å². The second-order valence-electron chi connectivity index (χ2n) is 7.48. The van der Waals surface area contributed by atoms with Crippen LogP contribution in [-0.2, 0) is 11.2 Å². The van der Waals surface area contributed by atoms with Crippen LogP contribution in [-0.4, -0.2) is 71.6 Å². The lowest BCUT2D eigenvalue weighted by molar-refractivity contribution is -0.122. The summed E-state index contributed by atoms with van der Waals surface area (Å²) < 4.78 is 5.46. The molecule has 1 saturated heterocycles. The maximum atomic E-state index is 12.4. The van der Waals surface area contributed by atoms with Crippen LogP contribution in [0, 0.1) is 0 Å². The van der Waals surface area contributed by atoms with Crippen molar-refractivity contribution in [1.82, 2.24) is 25.2 Å². The zero-order chi connectivity index (χ0) is 21.5. The van der Waals surface area contributed by atoms with E-state index in [1.54, 1.807) is 12.3 Å². The van der Waals surface area contributed by atoms with E-state index >= 15 is 0 Å². The summed E-state index contributed by atoms with van der Waals surface area (Å²) in [5.41, 5.74) is 2.16. The fourth-order valence-corrected chi connectivity index (χ4v) is 3.78. The van der Waals surface area contributed by atoms with Gasteiger partial charge in [0.25, 0.3) is 0 Å². The lowest BCUT2D eigenvalue weighted by Gasteiger charge is -2.34. The number of para-hydroxylation sites is 1. The molecule has 1 aliphatic rings. The van der Waals surface area contributed by atoms with Gasteiger partial charge >= 0.3 is 0 Å². The number of carbonyl (C=O) groups is 1. The van der Waals surface area contributed by atoms with E-state index in [9.17, 15) is 4.79 Å². The number of pyridine rings is 1. The number of nitrogens with zero attached hydrogens (tertiary/aromatic N) is 5. The molecule has 0 saturated carbocycles. The first-order chi connectivity index (χ1) is 15.2. The van der Waals surface area contributed by atoms with Crippen LogP contribution in [0.15, 0.2) is 48.8 Å². The van der Waals surface area contributed by atoms with Gasteiger partial charge in [0.2, 0.25) is 17.7 Å². The molecule has 31 heavy (non-hydrogen) atoms. The fourth-order valence-electron chi connectivity index (χ4n) is 3.78. The van der Waals surface area contributed by atoms with Crippen molar-refractivity contribution >= 4 is 22.8 Å². The van der Waals surface area contributed by atoms with E-state index in [1.165, 1.54) is 0 Å². The molecule has 0 atom stereocenters. The van der Waals surface area contributed by atoms with Crippen molar-refractivity contribution in [3.63, 3.8) is 0 Å². The molecule has 0 unspecified atom stereocenters. The third kappa shape index (κ3) is 5.46. The number of amides is 1. The van der Waals surface area contributed by atoms with Gasteiger partial charge < -0.3 is 15.0 Å². The SMILES string of the molecule is CCOc1ccnc(N2CCN(CC(=O)NCCc3cccc4cccnc34)CC2)n1. The van der Waals surface area contributed by atoms with Crippen LogP contribution in [0.1, 0.15) is 12.5 Å². The number of rotatable bonds is 8. The molecule has 8 heteroatoms. The second kappa shape index (κ2) is 10.2. The molecule has 0 radical (unpaired) electrons. The average molecular weight is 421 g/mol. The maximum Gasteiger partial charge on any atom is 0.234 e. The Morgan fingerprint density at radius 3 is 2.74 bits per heavy atom. The lowest BCUT2D eigenvalue weighted by Crippen LogP contribution is -2.50. The first-order valence-corrected chi connectivity index (χ1v) is 10.8. The number of hydrogen-bond acceptors (Lipinski definition) is 7. The highest BCUT2D eigenvalue weighted by atomic mass is 16.5. The number of anilines is 1. The molecule has 0 spiro atoms. The summed E-state index contributed by atoms with van der Waals surface area (Å²) in [6, 6.07) is 11.9. The topological polar surface area (TPSA) is 83.5 Å². The van der Waals surface area contributed by atoms with Crippen LogP contribution < -0.4 is 15.0 Å². The van der Waals surface area contributed by atoms with Gasteiger partial charge in [-0.1, -0.05) is 24.3 Å². The van der Waals surface area contributed by atoms with Crippen molar-refractivity contribution in [2.45, 2.75) is 13.3 Å². The van der Waals surface area contributed by atoms with Gasteiger partial charge in [-0.25, -0.2) is 4.98 Å². The third-order valence-electron chi connectivity index (χ3n) is 5.36. The normalized spacial score (nSPS) is 14.5. The highest BCUT2D eigenvalue weighted by Gasteiger charge is 2.21. The summed E-state index contributed by atoms with van der Waals surface area (Å²) in [6.07, 6.45) is 4.29. The largest absolute Gasteiger partial charge is 0.478 e. The van der Waals surface area contributed by atoms with Crippen molar-refractivity contribution in [2.24, 2.45) is 0 Å². The number of fused-ring (bicyclic) bond motifs is 1. The van der Waals surface area contributed by atoms with Crippen molar-refractivity contribution in [1.29, 1.82) is 0 Å². The van der Waals surface area contributed by atoms with Gasteiger partial charge in [0.15, 0.2) is 0 Å². The first-order valence-electron chi connectivity index (χ1n) is 10.8. The molecule has 4 rings (SSSR count). The van der Waals surface area contributed by atoms with Crippen molar-refractivity contribution in [2.75, 3.05) is 50.8 Å². The molecule has 3 heterocycles. The van der Waals surface area contributed by atoms with Crippen LogP contribution in [0.5, 0.6) is 5.88 Å². The highest BCUT2D eigenvalue weighted by molar-refractivity contribution is 5.82. The Hall–Kier alpha value is -3.26. The molecule has 3 aromatic rings. The zero-order valence-corrected chi connectivity index (χ0v) is 17.8. The summed E-state index contributed by atoms with van der Waals surface area (Å²) in [5, 5.41) is 4.17. The number of benzene rings is 1. The molecule has 0 aliphatic carbocycles. The molecule has 1 amide bonds. The molecule has 1 aromatic carbocycles. The molecule has 1 aliphatic heterocycles. The quantitative estimate of drug-likeness (QED) is 0.596. The molecule has 8 nitrogen and oxygen atoms in total. The second-order valence-corrected chi connectivity index (χ2v) is 7.48. The fraction of sp³-hybridized carbons (Fsp3) is 0.391. The highest BCUT2D eigenvalue weighted by Crippen LogP contribution is 2.16. The van der Waals surface area contributed by atoms with Gasteiger partial charge in [-0.3, -0.25) is 14.7 Å². The van der Waals surface area contributed by atoms with E-state index in [0.29, 0.717) is 31.5 Å². The van der Waals surface area contributed by atoms with E-state index in [-0.39, 0.29) is 5.91 Å². The Morgan fingerprint density at radius 2 is 1.90 bits per heavy atom. The summed E-state index contributed by atoms with van der Waals surface area (Å²) in [6.45, 7) is 6.68. The molecular formula is C23H28N6O2. The van der Waals surface area contributed by atoms with Crippen LogP contribution in [0.3, 0.4) is 0 Å². The van der Waals surface area contributed by atoms with Crippen LogP contribution in [0.4, 0.5) is 5.95 Å². The molecule has 1 fully saturated rings. The molecule has 1 N–H and O–H groups in total. The number of nitrogens with one attached hydrogen (secondary N) is 1. The van der Waals surface area contributed by atoms with Gasteiger partial charge in [0.05, 0.1) is 18.7 Å². The summed E-state index contributed by atoms with van der Waals surface area (Å²) >= 11 is 0. The number of ether oxygens (including phenoxy) is 1. The Labute approximate surface area is 182 Å². The Bertz CT molecular complexity index is 1010. The standard InChI is InChI=1S/C23H28N6O2/c1-2-31-21-9-12-26-23(27-21)29-15-13-28(14-16-29)17-20(30)24-11-8-19-6-3-5-18-7-4-10-25-22(18)19/h3-7,9-10,12H,2,8,11,13-17H2,1H3,(H,24,30). The van der Waals surface area contributed by atoms with Crippen LogP contribution in [0.2, 0.25) is 0 Å². The van der Waals surface area contributed by atoms with Crippen LogP contribution >= 0.6 is 0 Å². The first kappa shape index (κ1) is 21.0. The van der Waals surface area contributed by atoms with E-state index in [1.807, 2.05) is 25.3 Å². The predicted molar refractivity (Wildman–Crippen MR) is 120 cm³/mol. The third-order valence-corrected chi connectivity index (χ3v) is 5.36. The minimum atomic E-state index is 0.0521. The average Bonchev–Trinajstić information content (AvgIpc) is 2.80. The number of hydrogen-bond donors (Lipinski definition) is 1. The monoisotopic (exact) mass is 420 g/mol. The molecular weight excluding hydrogens is 392 g/mol. The molecule has 2 aromatic heterocycles. The van der Waals surface area contributed by atoms with Crippen molar-refractivity contribution in [3.8, 4) is 5.88 Å². The van der Waals surface area contributed by atoms with E-state index in [0.717, 1.165) is 49.1 Å². The summed E-state index contributed by atoms with van der Waals surface area (Å²) in [4.78, 5) is 30.0. The minimum Gasteiger partial charge on any atom is -0.478 e. The summed E-state index contributed by atoms with van der Waals surface area (Å²) in [5.74, 6) is 1.32. The van der Waals surface area contributed by atoms with E-state index < -0.39 is 0 Å².